The van der Waals surface area contributed by atoms with Crippen LogP contribution in [-0.4, -0.2) is 61.0 Å². The van der Waals surface area contributed by atoms with Gasteiger partial charge in [0.05, 0.1) is 11.6 Å². The van der Waals surface area contributed by atoms with E-state index < -0.39 is 0 Å². The summed E-state index contributed by atoms with van der Waals surface area (Å²) in [6, 6.07) is 18.5. The molecule has 0 N–H and O–H groups in total. The van der Waals surface area contributed by atoms with Crippen LogP contribution in [0.5, 0.6) is 0 Å². The number of ether oxygens (including phenoxy) is 1. The Morgan fingerprint density at radius 1 is 1.00 bits per heavy atom. The number of rotatable bonds is 5. The van der Waals surface area contributed by atoms with E-state index in [1.54, 1.807) is 7.11 Å². The number of benzene rings is 2. The molecular weight excluding hydrogens is 348 g/mol. The zero-order valence-corrected chi connectivity index (χ0v) is 16.9. The Bertz CT molecular complexity index is 814. The Labute approximate surface area is 168 Å². The molecule has 2 atom stereocenters. The summed E-state index contributed by atoms with van der Waals surface area (Å²) in [5.41, 5.74) is 2.97. The fraction of sp³-hybridized carbons (Fsp3) is 0.458. The van der Waals surface area contributed by atoms with Gasteiger partial charge in [-0.25, -0.2) is 0 Å². The van der Waals surface area contributed by atoms with E-state index in [9.17, 15) is 4.79 Å². The normalized spacial score (nSPS) is 24.7. The molecule has 4 nitrogen and oxygen atoms in total. The van der Waals surface area contributed by atoms with Crippen molar-refractivity contribution < 1.29 is 9.53 Å². The average molecular weight is 379 g/mol. The summed E-state index contributed by atoms with van der Waals surface area (Å²) in [5, 5.41) is 0. The molecule has 1 fully saturated rings. The maximum absolute atomic E-state index is 13.3. The van der Waals surface area contributed by atoms with Gasteiger partial charge in [-0.05, 0) is 30.9 Å². The van der Waals surface area contributed by atoms with Crippen LogP contribution in [0, 0.1) is 0 Å². The van der Waals surface area contributed by atoms with E-state index in [1.807, 2.05) is 24.3 Å². The first-order chi connectivity index (χ1) is 13.6. The number of methoxy groups -OCH3 is 1. The summed E-state index contributed by atoms with van der Waals surface area (Å²) >= 11 is 0. The van der Waals surface area contributed by atoms with Gasteiger partial charge in [0, 0.05) is 45.4 Å². The van der Waals surface area contributed by atoms with Crippen molar-refractivity contribution in [3.63, 3.8) is 0 Å². The zero-order valence-electron chi connectivity index (χ0n) is 16.9. The minimum atomic E-state index is -0.374. The van der Waals surface area contributed by atoms with E-state index in [0.717, 1.165) is 51.1 Å². The minimum absolute atomic E-state index is 0.0894. The number of nitrogens with zero attached hydrogens (tertiary/aromatic N) is 2. The van der Waals surface area contributed by atoms with Crippen LogP contribution in [0.2, 0.25) is 0 Å². The number of aryl methyl sites for hydroxylation is 1. The van der Waals surface area contributed by atoms with Crippen LogP contribution < -0.4 is 0 Å². The van der Waals surface area contributed by atoms with E-state index in [-0.39, 0.29) is 11.6 Å². The SMILES string of the molecule is COC(CN1CCN(C2(C)CCc3ccccc3C2=O)CC1)c1ccccc1. The molecule has 1 aliphatic carbocycles. The maximum Gasteiger partial charge on any atom is 0.183 e. The highest BCUT2D eigenvalue weighted by molar-refractivity contribution is 6.05. The lowest BCUT2D eigenvalue weighted by molar-refractivity contribution is 0.00918. The second-order valence-corrected chi connectivity index (χ2v) is 8.18. The molecule has 1 aliphatic heterocycles. The smallest absolute Gasteiger partial charge is 0.183 e. The standard InChI is InChI=1S/C24H30N2O2/c1-24(13-12-19-8-6-7-11-21(19)23(24)27)26-16-14-25(15-17-26)18-22(28-2)20-9-4-3-5-10-20/h3-11,22H,12-18H2,1-2H3. The second kappa shape index (κ2) is 8.16. The number of fused-ring (bicyclic) bond motifs is 1. The third-order valence-corrected chi connectivity index (χ3v) is 6.58. The Balaban J connectivity index is 1.40. The van der Waals surface area contributed by atoms with Gasteiger partial charge in [-0.2, -0.15) is 0 Å². The van der Waals surface area contributed by atoms with Gasteiger partial charge in [-0.3, -0.25) is 14.6 Å². The number of carbonyl (C=O) groups is 1. The van der Waals surface area contributed by atoms with Gasteiger partial charge < -0.3 is 4.74 Å². The van der Waals surface area contributed by atoms with Gasteiger partial charge in [-0.15, -0.1) is 0 Å². The lowest BCUT2D eigenvalue weighted by atomic mass is 9.76. The van der Waals surface area contributed by atoms with Crippen LogP contribution in [0.3, 0.4) is 0 Å². The fourth-order valence-corrected chi connectivity index (χ4v) is 4.69. The Hall–Kier alpha value is -2.01. The number of ketones is 1. The number of carbonyl (C=O) groups excluding carboxylic acids is 1. The first-order valence-corrected chi connectivity index (χ1v) is 10.3. The molecule has 0 bridgehead atoms. The number of Topliss-reactive ketones (excluding diaryl/α,β-unsaturated/α-hetero) is 1. The average Bonchev–Trinajstić information content (AvgIpc) is 2.76. The predicted octanol–water partition coefficient (Wildman–Crippen LogP) is 3.58. The van der Waals surface area contributed by atoms with Gasteiger partial charge in [0.1, 0.15) is 0 Å². The molecule has 0 spiro atoms. The molecule has 1 heterocycles. The summed E-state index contributed by atoms with van der Waals surface area (Å²) in [4.78, 5) is 18.1. The molecule has 0 saturated carbocycles. The third-order valence-electron chi connectivity index (χ3n) is 6.58. The fourth-order valence-electron chi connectivity index (χ4n) is 4.69. The molecule has 1 saturated heterocycles. The number of piperazine rings is 1. The van der Waals surface area contributed by atoms with Crippen molar-refractivity contribution in [2.45, 2.75) is 31.4 Å². The molecule has 2 aromatic rings. The monoisotopic (exact) mass is 378 g/mol. The minimum Gasteiger partial charge on any atom is -0.375 e. The molecular formula is C24H30N2O2. The largest absolute Gasteiger partial charge is 0.375 e. The molecule has 148 valence electrons. The van der Waals surface area contributed by atoms with Crippen LogP contribution in [0.15, 0.2) is 54.6 Å². The Kier molecular flexibility index (Phi) is 5.63. The van der Waals surface area contributed by atoms with Crippen molar-refractivity contribution in [2.24, 2.45) is 0 Å². The molecule has 2 aliphatic rings. The first-order valence-electron chi connectivity index (χ1n) is 10.3. The van der Waals surface area contributed by atoms with Crippen molar-refractivity contribution in [3.05, 3.63) is 71.3 Å². The molecule has 2 unspecified atom stereocenters. The molecule has 4 rings (SSSR count). The highest BCUT2D eigenvalue weighted by Crippen LogP contribution is 2.34. The quantitative estimate of drug-likeness (QED) is 0.796. The van der Waals surface area contributed by atoms with Crippen molar-refractivity contribution in [2.75, 3.05) is 39.8 Å². The molecule has 4 heteroatoms. The van der Waals surface area contributed by atoms with Crippen LogP contribution in [0.25, 0.3) is 0 Å². The molecule has 0 aromatic heterocycles. The van der Waals surface area contributed by atoms with E-state index in [2.05, 4.69) is 47.1 Å². The summed E-state index contributed by atoms with van der Waals surface area (Å²) < 4.78 is 5.75. The predicted molar refractivity (Wildman–Crippen MR) is 112 cm³/mol. The summed E-state index contributed by atoms with van der Waals surface area (Å²) in [7, 11) is 1.78. The second-order valence-electron chi connectivity index (χ2n) is 8.18. The summed E-state index contributed by atoms with van der Waals surface area (Å²) in [6.45, 7) is 6.82. The third kappa shape index (κ3) is 3.64. The highest BCUT2D eigenvalue weighted by atomic mass is 16.5. The van der Waals surface area contributed by atoms with Crippen LogP contribution in [0.1, 0.15) is 40.9 Å². The first kappa shape index (κ1) is 19.3. The lowest BCUT2D eigenvalue weighted by Gasteiger charge is -2.47. The van der Waals surface area contributed by atoms with Gasteiger partial charge in [0.25, 0.3) is 0 Å². The van der Waals surface area contributed by atoms with Crippen molar-refractivity contribution in [3.8, 4) is 0 Å². The molecule has 0 radical (unpaired) electrons. The molecule has 28 heavy (non-hydrogen) atoms. The van der Waals surface area contributed by atoms with Crippen molar-refractivity contribution >= 4 is 5.78 Å². The molecule has 0 amide bonds. The molecule has 2 aromatic carbocycles. The van der Waals surface area contributed by atoms with E-state index >= 15 is 0 Å². The van der Waals surface area contributed by atoms with Crippen molar-refractivity contribution in [1.29, 1.82) is 0 Å². The zero-order chi connectivity index (χ0) is 19.6. The summed E-state index contributed by atoms with van der Waals surface area (Å²) in [6.07, 6.45) is 1.98. The van der Waals surface area contributed by atoms with Gasteiger partial charge in [0.2, 0.25) is 0 Å². The van der Waals surface area contributed by atoms with E-state index in [0.29, 0.717) is 5.78 Å². The topological polar surface area (TPSA) is 32.8 Å². The highest BCUT2D eigenvalue weighted by Gasteiger charge is 2.43. The van der Waals surface area contributed by atoms with Gasteiger partial charge >= 0.3 is 0 Å². The Morgan fingerprint density at radius 2 is 1.68 bits per heavy atom. The van der Waals surface area contributed by atoms with Crippen LogP contribution in [-0.2, 0) is 11.2 Å². The van der Waals surface area contributed by atoms with Crippen LogP contribution >= 0.6 is 0 Å². The van der Waals surface area contributed by atoms with E-state index in [4.69, 9.17) is 4.74 Å². The van der Waals surface area contributed by atoms with E-state index in [1.165, 1.54) is 11.1 Å². The number of hydrogen-bond donors (Lipinski definition) is 0. The van der Waals surface area contributed by atoms with Gasteiger partial charge in [-0.1, -0.05) is 54.6 Å². The van der Waals surface area contributed by atoms with Crippen LogP contribution in [0.4, 0.5) is 0 Å². The lowest BCUT2D eigenvalue weighted by Crippen LogP contribution is -2.60. The maximum atomic E-state index is 13.3. The van der Waals surface area contributed by atoms with Gasteiger partial charge in [0.15, 0.2) is 5.78 Å². The van der Waals surface area contributed by atoms with Crippen molar-refractivity contribution in [1.82, 2.24) is 9.80 Å². The number of hydrogen-bond acceptors (Lipinski definition) is 4. The summed E-state index contributed by atoms with van der Waals surface area (Å²) in [5.74, 6) is 0.293. The Morgan fingerprint density at radius 3 is 2.39 bits per heavy atom.